The molecule has 2 saturated carbocycles. The van der Waals surface area contributed by atoms with Crippen molar-refractivity contribution in [2.24, 2.45) is 0 Å². The van der Waals surface area contributed by atoms with Gasteiger partial charge in [0.1, 0.15) is 11.4 Å². The SMILES string of the molecule is COc1cc(C)cc(Cl)c1-c1nccn2c([N+](C)(C3CC3)C3CC3)c(SC)nc12. The van der Waals surface area contributed by atoms with Crippen LogP contribution in [0, 0.1) is 6.92 Å². The minimum absolute atomic E-state index is 0.638. The Bertz CT molecular complexity index is 1090. The summed E-state index contributed by atoms with van der Waals surface area (Å²) in [5.74, 6) is 2.02. The largest absolute Gasteiger partial charge is 0.496 e. The minimum Gasteiger partial charge on any atom is -0.496 e. The molecule has 0 aliphatic heterocycles. The molecule has 29 heavy (non-hydrogen) atoms. The fourth-order valence-electron chi connectivity index (χ4n) is 4.66. The van der Waals surface area contributed by atoms with Gasteiger partial charge in [-0.3, -0.25) is 13.9 Å². The number of rotatable bonds is 6. The number of fused-ring (bicyclic) bond motifs is 1. The van der Waals surface area contributed by atoms with E-state index in [2.05, 4.69) is 23.9 Å². The van der Waals surface area contributed by atoms with E-state index in [0.717, 1.165) is 37.7 Å². The Morgan fingerprint density at radius 1 is 1.21 bits per heavy atom. The van der Waals surface area contributed by atoms with E-state index in [1.807, 2.05) is 25.3 Å². The molecule has 5 nitrogen and oxygen atoms in total. The Balaban J connectivity index is 1.79. The van der Waals surface area contributed by atoms with Crippen molar-refractivity contribution < 1.29 is 4.74 Å². The lowest BCUT2D eigenvalue weighted by Gasteiger charge is -2.34. The molecule has 7 heteroatoms. The van der Waals surface area contributed by atoms with Crippen LogP contribution in [0.25, 0.3) is 16.9 Å². The second-order valence-corrected chi connectivity index (χ2v) is 9.55. The first-order chi connectivity index (χ1) is 14.0. The molecule has 5 rings (SSSR count). The van der Waals surface area contributed by atoms with Gasteiger partial charge >= 0.3 is 0 Å². The highest BCUT2D eigenvalue weighted by molar-refractivity contribution is 7.98. The fourth-order valence-corrected chi connectivity index (χ4v) is 5.67. The first kappa shape index (κ1) is 19.2. The minimum atomic E-state index is 0.638. The topological polar surface area (TPSA) is 39.4 Å². The predicted octanol–water partition coefficient (Wildman–Crippen LogP) is 5.35. The maximum absolute atomic E-state index is 6.67. The molecule has 2 aliphatic rings. The Morgan fingerprint density at radius 2 is 1.90 bits per heavy atom. The third kappa shape index (κ3) is 2.95. The molecular formula is C22H26ClN4OS+. The van der Waals surface area contributed by atoms with E-state index in [9.17, 15) is 0 Å². The number of benzene rings is 1. The summed E-state index contributed by atoms with van der Waals surface area (Å²) in [5, 5.41) is 1.72. The number of methoxy groups -OCH3 is 1. The Kier molecular flexibility index (Phi) is 4.57. The van der Waals surface area contributed by atoms with Gasteiger partial charge in [-0.15, -0.1) is 11.8 Å². The number of imidazole rings is 1. The zero-order valence-electron chi connectivity index (χ0n) is 17.3. The predicted molar refractivity (Wildman–Crippen MR) is 120 cm³/mol. The monoisotopic (exact) mass is 429 g/mol. The van der Waals surface area contributed by atoms with Crippen LogP contribution in [0.3, 0.4) is 0 Å². The number of aromatic nitrogens is 3. The van der Waals surface area contributed by atoms with Crippen LogP contribution in [0.15, 0.2) is 29.6 Å². The highest BCUT2D eigenvalue weighted by Gasteiger charge is 2.55. The number of quaternary nitrogens is 1. The molecule has 0 unspecified atom stereocenters. The van der Waals surface area contributed by atoms with Gasteiger partial charge in [0.25, 0.3) is 0 Å². The van der Waals surface area contributed by atoms with Gasteiger partial charge in [-0.1, -0.05) is 11.6 Å². The summed E-state index contributed by atoms with van der Waals surface area (Å²) in [7, 11) is 4.07. The van der Waals surface area contributed by atoms with Crippen molar-refractivity contribution in [1.82, 2.24) is 18.9 Å². The van der Waals surface area contributed by atoms with Crippen molar-refractivity contribution in [3.05, 3.63) is 35.1 Å². The summed E-state index contributed by atoms with van der Waals surface area (Å²) in [5.41, 5.74) is 3.49. The Morgan fingerprint density at radius 3 is 2.48 bits per heavy atom. The van der Waals surface area contributed by atoms with Gasteiger partial charge in [0, 0.05) is 38.1 Å². The normalized spacial score (nSPS) is 17.1. The molecule has 0 bridgehead atoms. The van der Waals surface area contributed by atoms with Crippen molar-refractivity contribution >= 4 is 34.8 Å². The van der Waals surface area contributed by atoms with Crippen LogP contribution in [0.5, 0.6) is 5.75 Å². The van der Waals surface area contributed by atoms with Crippen LogP contribution in [-0.2, 0) is 0 Å². The van der Waals surface area contributed by atoms with Crippen LogP contribution in [0.2, 0.25) is 5.02 Å². The van der Waals surface area contributed by atoms with E-state index in [1.165, 1.54) is 31.5 Å². The van der Waals surface area contributed by atoms with Crippen molar-refractivity contribution in [3.8, 4) is 17.0 Å². The molecule has 0 spiro atoms. The molecule has 2 fully saturated rings. The van der Waals surface area contributed by atoms with Crippen molar-refractivity contribution in [2.75, 3.05) is 20.4 Å². The first-order valence-corrected chi connectivity index (χ1v) is 11.7. The van der Waals surface area contributed by atoms with E-state index in [-0.39, 0.29) is 0 Å². The van der Waals surface area contributed by atoms with Gasteiger partial charge in [-0.25, -0.2) is 4.98 Å². The van der Waals surface area contributed by atoms with Gasteiger partial charge in [-0.2, -0.15) is 0 Å². The number of aryl methyl sites for hydroxylation is 1. The van der Waals surface area contributed by atoms with E-state index < -0.39 is 0 Å². The summed E-state index contributed by atoms with van der Waals surface area (Å²) in [6, 6.07) is 5.35. The summed E-state index contributed by atoms with van der Waals surface area (Å²) in [6.45, 7) is 2.01. The van der Waals surface area contributed by atoms with Gasteiger partial charge in [0.15, 0.2) is 10.7 Å². The second-order valence-electron chi connectivity index (χ2n) is 8.35. The van der Waals surface area contributed by atoms with Crippen LogP contribution in [0.4, 0.5) is 5.82 Å². The molecule has 1 aromatic carbocycles. The molecule has 2 aromatic heterocycles. The summed E-state index contributed by atoms with van der Waals surface area (Å²) in [4.78, 5) is 9.77. The number of nitrogens with zero attached hydrogens (tertiary/aromatic N) is 4. The summed E-state index contributed by atoms with van der Waals surface area (Å²) in [6.07, 6.45) is 11.2. The van der Waals surface area contributed by atoms with Crippen molar-refractivity contribution in [1.29, 1.82) is 0 Å². The molecule has 0 amide bonds. The summed E-state index contributed by atoms with van der Waals surface area (Å²) < 4.78 is 8.90. The molecule has 152 valence electrons. The molecule has 0 saturated heterocycles. The van der Waals surface area contributed by atoms with Crippen LogP contribution in [0.1, 0.15) is 31.2 Å². The van der Waals surface area contributed by atoms with Crippen molar-refractivity contribution in [3.63, 3.8) is 0 Å². The lowest BCUT2D eigenvalue weighted by Crippen LogP contribution is -2.50. The van der Waals surface area contributed by atoms with Gasteiger partial charge in [0.05, 0.1) is 36.8 Å². The van der Waals surface area contributed by atoms with Crippen molar-refractivity contribution in [2.45, 2.75) is 49.7 Å². The lowest BCUT2D eigenvalue weighted by atomic mass is 10.1. The van der Waals surface area contributed by atoms with Gasteiger partial charge < -0.3 is 4.74 Å². The van der Waals surface area contributed by atoms with E-state index in [4.69, 9.17) is 26.3 Å². The van der Waals surface area contributed by atoms with Crippen LogP contribution in [-0.4, -0.2) is 46.9 Å². The second kappa shape index (κ2) is 6.89. The highest BCUT2D eigenvalue weighted by atomic mass is 35.5. The molecule has 0 N–H and O–H groups in total. The standard InChI is InChI=1S/C22H26ClN4OS/c1-13-11-16(23)18(17(12-13)28-3)19-20-25-21(29-4)22(26(20)10-9-24-19)27(2,14-5-6-14)15-7-8-15/h9-12,14-15H,5-8H2,1-4H3/q+1. The van der Waals surface area contributed by atoms with Gasteiger partial charge in [0.2, 0.25) is 5.82 Å². The molecular weight excluding hydrogens is 404 g/mol. The summed E-state index contributed by atoms with van der Waals surface area (Å²) >= 11 is 8.39. The lowest BCUT2D eigenvalue weighted by molar-refractivity contribution is 0.294. The zero-order chi connectivity index (χ0) is 20.3. The van der Waals surface area contributed by atoms with E-state index in [0.29, 0.717) is 17.1 Å². The molecule has 2 heterocycles. The first-order valence-electron chi connectivity index (χ1n) is 10.1. The fraction of sp³-hybridized carbons (Fsp3) is 0.455. The number of hydrogen-bond donors (Lipinski definition) is 0. The number of halogens is 1. The number of ether oxygens (including phenoxy) is 1. The maximum Gasteiger partial charge on any atom is 0.247 e. The van der Waals surface area contributed by atoms with Crippen LogP contribution >= 0.6 is 23.4 Å². The molecule has 3 aromatic rings. The highest BCUT2D eigenvalue weighted by Crippen LogP contribution is 2.50. The average Bonchev–Trinajstić information content (AvgIpc) is 3.60. The smallest absolute Gasteiger partial charge is 0.247 e. The van der Waals surface area contributed by atoms with Crippen LogP contribution < -0.4 is 9.22 Å². The average molecular weight is 430 g/mol. The molecule has 0 radical (unpaired) electrons. The third-order valence-corrected chi connectivity index (χ3v) is 7.36. The molecule has 0 atom stereocenters. The number of hydrogen-bond acceptors (Lipinski definition) is 4. The Labute approximate surface area is 180 Å². The van der Waals surface area contributed by atoms with E-state index in [1.54, 1.807) is 18.9 Å². The third-order valence-electron chi connectivity index (χ3n) is 6.40. The van der Waals surface area contributed by atoms with E-state index >= 15 is 0 Å². The maximum atomic E-state index is 6.67. The molecule has 2 aliphatic carbocycles. The zero-order valence-corrected chi connectivity index (χ0v) is 18.8. The Hall–Kier alpha value is -1.76. The quantitative estimate of drug-likeness (QED) is 0.391. The number of thioether (sulfide) groups is 1. The van der Waals surface area contributed by atoms with Gasteiger partial charge in [-0.05, 0) is 30.9 Å².